The van der Waals surface area contributed by atoms with Crippen LogP contribution < -0.4 is 0 Å². The molecule has 0 radical (unpaired) electrons. The Kier molecular flexibility index (Phi) is 3.76. The van der Waals surface area contributed by atoms with Crippen molar-refractivity contribution in [1.29, 1.82) is 0 Å². The number of ether oxygens (including phenoxy) is 1. The van der Waals surface area contributed by atoms with E-state index in [0.717, 1.165) is 12.0 Å². The van der Waals surface area contributed by atoms with Crippen molar-refractivity contribution in [2.24, 2.45) is 0 Å². The molecule has 1 rings (SSSR count). The lowest BCUT2D eigenvalue weighted by atomic mass is 9.97. The summed E-state index contributed by atoms with van der Waals surface area (Å²) in [5.74, 6) is 0. The van der Waals surface area contributed by atoms with Crippen molar-refractivity contribution < 1.29 is 4.74 Å². The van der Waals surface area contributed by atoms with E-state index in [1.165, 1.54) is 0 Å². The fraction of sp³-hybridized carbons (Fsp3) is 0.455. The Morgan fingerprint density at radius 3 is 2.46 bits per heavy atom. The molecule has 0 N–H and O–H groups in total. The van der Waals surface area contributed by atoms with E-state index in [1.54, 1.807) is 7.11 Å². The van der Waals surface area contributed by atoms with Crippen LogP contribution in [-0.2, 0) is 9.61 Å². The fourth-order valence-corrected chi connectivity index (χ4v) is 1.43. The Labute approximate surface area is 84.7 Å². The number of benzene rings is 1. The first-order chi connectivity index (χ1) is 6.17. The molecular weight excluding hydrogens is 184 g/mol. The molecule has 1 unspecified atom stereocenters. The summed E-state index contributed by atoms with van der Waals surface area (Å²) < 4.78 is 5.01. The lowest BCUT2D eigenvalue weighted by Gasteiger charge is -2.21. The zero-order chi connectivity index (χ0) is 9.73. The minimum Gasteiger partial charge on any atom is -0.385 e. The molecule has 0 saturated heterocycles. The van der Waals surface area contributed by atoms with Gasteiger partial charge in [-0.25, -0.2) is 0 Å². The highest BCUT2D eigenvalue weighted by Gasteiger charge is 2.22. The van der Waals surface area contributed by atoms with E-state index in [2.05, 4.69) is 0 Å². The number of alkyl halides is 1. The zero-order valence-electron chi connectivity index (χ0n) is 8.09. The van der Waals surface area contributed by atoms with Gasteiger partial charge in [-0.05, 0) is 18.9 Å². The Bertz CT molecular complexity index is 244. The molecule has 2 heteroatoms. The Morgan fingerprint density at radius 1 is 1.31 bits per heavy atom. The highest BCUT2D eigenvalue weighted by molar-refractivity contribution is 6.23. The Hall–Kier alpha value is -0.530. The second-order valence-electron chi connectivity index (χ2n) is 3.31. The van der Waals surface area contributed by atoms with E-state index in [1.807, 2.05) is 37.3 Å². The van der Waals surface area contributed by atoms with Crippen LogP contribution >= 0.6 is 11.6 Å². The van der Waals surface area contributed by atoms with E-state index in [-0.39, 0.29) is 4.87 Å². The molecule has 0 aliphatic heterocycles. The number of rotatable bonds is 4. The average molecular weight is 199 g/mol. The van der Waals surface area contributed by atoms with Gasteiger partial charge in [0.1, 0.15) is 0 Å². The molecule has 0 aromatic heterocycles. The van der Waals surface area contributed by atoms with Gasteiger partial charge in [-0.1, -0.05) is 30.3 Å². The number of methoxy groups -OCH3 is 1. The van der Waals surface area contributed by atoms with E-state index in [0.29, 0.717) is 6.61 Å². The maximum absolute atomic E-state index is 6.36. The summed E-state index contributed by atoms with van der Waals surface area (Å²) in [5, 5.41) is 0. The van der Waals surface area contributed by atoms with Gasteiger partial charge in [-0.2, -0.15) is 0 Å². The minimum absolute atomic E-state index is 0.308. The van der Waals surface area contributed by atoms with Crippen molar-refractivity contribution in [2.45, 2.75) is 18.2 Å². The van der Waals surface area contributed by atoms with Crippen LogP contribution in [0.2, 0.25) is 0 Å². The topological polar surface area (TPSA) is 9.23 Å². The van der Waals surface area contributed by atoms with Crippen LogP contribution in [0.3, 0.4) is 0 Å². The van der Waals surface area contributed by atoms with Crippen LogP contribution in [0.1, 0.15) is 18.9 Å². The lowest BCUT2D eigenvalue weighted by Crippen LogP contribution is -2.15. The predicted molar refractivity (Wildman–Crippen MR) is 56.1 cm³/mol. The van der Waals surface area contributed by atoms with Crippen LogP contribution in [-0.4, -0.2) is 13.7 Å². The molecule has 1 nitrogen and oxygen atoms in total. The minimum atomic E-state index is -0.308. The molecule has 0 spiro atoms. The monoisotopic (exact) mass is 198 g/mol. The molecule has 0 aliphatic rings. The summed E-state index contributed by atoms with van der Waals surface area (Å²) in [4.78, 5) is -0.308. The molecule has 1 aromatic rings. The summed E-state index contributed by atoms with van der Waals surface area (Å²) in [5.41, 5.74) is 1.15. The van der Waals surface area contributed by atoms with Gasteiger partial charge in [-0.3, -0.25) is 0 Å². The van der Waals surface area contributed by atoms with Crippen molar-refractivity contribution in [3.05, 3.63) is 35.9 Å². The van der Waals surface area contributed by atoms with Crippen molar-refractivity contribution in [3.63, 3.8) is 0 Å². The molecule has 1 atom stereocenters. The predicted octanol–water partition coefficient (Wildman–Crippen LogP) is 3.18. The second-order valence-corrected chi connectivity index (χ2v) is 4.14. The van der Waals surface area contributed by atoms with Gasteiger partial charge in [0.15, 0.2) is 0 Å². The third-order valence-corrected chi connectivity index (χ3v) is 2.56. The lowest BCUT2D eigenvalue weighted by molar-refractivity contribution is 0.184. The van der Waals surface area contributed by atoms with E-state index < -0.39 is 0 Å². The van der Waals surface area contributed by atoms with Gasteiger partial charge in [-0.15, -0.1) is 11.6 Å². The molecule has 0 saturated carbocycles. The second kappa shape index (κ2) is 4.64. The summed E-state index contributed by atoms with van der Waals surface area (Å²) in [6.45, 7) is 2.71. The highest BCUT2D eigenvalue weighted by atomic mass is 35.5. The molecule has 0 amide bonds. The SMILES string of the molecule is COCCC(C)(Cl)c1ccccc1. The van der Waals surface area contributed by atoms with Crippen molar-refractivity contribution in [3.8, 4) is 0 Å². The van der Waals surface area contributed by atoms with Crippen LogP contribution in [0.4, 0.5) is 0 Å². The molecular formula is C11H15ClO. The van der Waals surface area contributed by atoms with E-state index in [4.69, 9.17) is 16.3 Å². The average Bonchev–Trinajstić information content (AvgIpc) is 2.16. The van der Waals surface area contributed by atoms with Crippen molar-refractivity contribution in [1.82, 2.24) is 0 Å². The number of halogens is 1. The summed E-state index contributed by atoms with van der Waals surface area (Å²) in [6.07, 6.45) is 0.828. The molecule has 0 bridgehead atoms. The van der Waals surface area contributed by atoms with E-state index in [9.17, 15) is 0 Å². The molecule has 0 heterocycles. The Balaban J connectivity index is 2.69. The van der Waals surface area contributed by atoms with Gasteiger partial charge >= 0.3 is 0 Å². The van der Waals surface area contributed by atoms with Crippen LogP contribution in [0.25, 0.3) is 0 Å². The van der Waals surface area contributed by atoms with Gasteiger partial charge in [0.05, 0.1) is 4.87 Å². The first-order valence-corrected chi connectivity index (χ1v) is 4.78. The zero-order valence-corrected chi connectivity index (χ0v) is 8.84. The molecule has 1 aromatic carbocycles. The number of hydrogen-bond acceptors (Lipinski definition) is 1. The smallest absolute Gasteiger partial charge is 0.0688 e. The maximum atomic E-state index is 6.36. The summed E-state index contributed by atoms with van der Waals surface area (Å²) in [6, 6.07) is 10.1. The molecule has 72 valence electrons. The van der Waals surface area contributed by atoms with Gasteiger partial charge in [0.25, 0.3) is 0 Å². The molecule has 13 heavy (non-hydrogen) atoms. The van der Waals surface area contributed by atoms with Crippen LogP contribution in [0, 0.1) is 0 Å². The fourth-order valence-electron chi connectivity index (χ4n) is 1.22. The van der Waals surface area contributed by atoms with Crippen molar-refractivity contribution >= 4 is 11.6 Å². The third kappa shape index (κ3) is 3.02. The third-order valence-electron chi connectivity index (χ3n) is 2.15. The van der Waals surface area contributed by atoms with Gasteiger partial charge < -0.3 is 4.74 Å². The quantitative estimate of drug-likeness (QED) is 0.676. The van der Waals surface area contributed by atoms with Crippen molar-refractivity contribution in [2.75, 3.05) is 13.7 Å². The van der Waals surface area contributed by atoms with Gasteiger partial charge in [0.2, 0.25) is 0 Å². The van der Waals surface area contributed by atoms with E-state index >= 15 is 0 Å². The first kappa shape index (κ1) is 10.6. The number of hydrogen-bond donors (Lipinski definition) is 0. The van der Waals surface area contributed by atoms with Crippen LogP contribution in [0.15, 0.2) is 30.3 Å². The maximum Gasteiger partial charge on any atom is 0.0688 e. The molecule has 0 aliphatic carbocycles. The normalized spacial score (nSPS) is 15.3. The molecule has 0 fully saturated rings. The Morgan fingerprint density at radius 2 is 1.92 bits per heavy atom. The van der Waals surface area contributed by atoms with Gasteiger partial charge in [0, 0.05) is 13.7 Å². The largest absolute Gasteiger partial charge is 0.385 e. The summed E-state index contributed by atoms with van der Waals surface area (Å²) in [7, 11) is 1.69. The summed E-state index contributed by atoms with van der Waals surface area (Å²) >= 11 is 6.36. The highest BCUT2D eigenvalue weighted by Crippen LogP contribution is 2.31. The first-order valence-electron chi connectivity index (χ1n) is 4.40. The van der Waals surface area contributed by atoms with Crippen LogP contribution in [0.5, 0.6) is 0 Å². The standard InChI is InChI=1S/C11H15ClO/c1-11(12,8-9-13-2)10-6-4-3-5-7-10/h3-7H,8-9H2,1-2H3.